The second-order valence-electron chi connectivity index (χ2n) is 5.61. The highest BCUT2D eigenvalue weighted by molar-refractivity contribution is 14.0. The van der Waals surface area contributed by atoms with Crippen LogP contribution in [0.25, 0.3) is 0 Å². The average molecular weight is 479 g/mol. The summed E-state index contributed by atoms with van der Waals surface area (Å²) in [4.78, 5) is 3.83. The largest absolute Gasteiger partial charge is 0.370 e. The van der Waals surface area contributed by atoms with Gasteiger partial charge in [0.05, 0.1) is 11.6 Å². The molecule has 0 aromatic heterocycles. The van der Waals surface area contributed by atoms with E-state index in [9.17, 15) is 12.8 Å². The third-order valence-electron chi connectivity index (χ3n) is 2.37. The molecule has 0 heterocycles. The number of rotatable bonds is 5. The van der Waals surface area contributed by atoms with Crippen molar-refractivity contribution in [3.8, 4) is 0 Å². The molecule has 0 saturated heterocycles. The molecule has 0 bridgehead atoms. The highest BCUT2D eigenvalue weighted by atomic mass is 127. The van der Waals surface area contributed by atoms with Crippen LogP contribution in [0.15, 0.2) is 28.1 Å². The number of guanidine groups is 1. The van der Waals surface area contributed by atoms with Gasteiger partial charge in [0.25, 0.3) is 0 Å². The summed E-state index contributed by atoms with van der Waals surface area (Å²) < 4.78 is 39.3. The first-order chi connectivity index (χ1) is 10.0. The number of hydrogen-bond acceptors (Lipinski definition) is 3. The maximum atomic E-state index is 12.9. The molecule has 0 unspecified atom stereocenters. The monoisotopic (exact) mass is 478 g/mol. The Kier molecular flexibility index (Phi) is 8.74. The van der Waals surface area contributed by atoms with Gasteiger partial charge in [0.2, 0.25) is 10.0 Å². The lowest BCUT2D eigenvalue weighted by molar-refractivity contribution is 0.508. The zero-order valence-electron chi connectivity index (χ0n) is 13.1. The van der Waals surface area contributed by atoms with Crippen molar-refractivity contribution in [2.45, 2.75) is 31.2 Å². The van der Waals surface area contributed by atoms with Crippen molar-refractivity contribution in [2.75, 3.05) is 13.1 Å². The molecule has 0 aliphatic rings. The van der Waals surface area contributed by atoms with Crippen LogP contribution in [0.1, 0.15) is 20.8 Å². The van der Waals surface area contributed by atoms with E-state index in [1.54, 1.807) is 0 Å². The van der Waals surface area contributed by atoms with Crippen LogP contribution in [0.3, 0.4) is 0 Å². The summed E-state index contributed by atoms with van der Waals surface area (Å²) >= 11 is 5.73. The maximum absolute atomic E-state index is 12.9. The summed E-state index contributed by atoms with van der Waals surface area (Å²) in [5, 5.41) is 2.78. The van der Waals surface area contributed by atoms with Crippen LogP contribution >= 0.6 is 35.6 Å². The summed E-state index contributed by atoms with van der Waals surface area (Å²) in [6, 6.07) is 3.09. The lowest BCUT2D eigenvalue weighted by Crippen LogP contribution is -2.45. The van der Waals surface area contributed by atoms with Gasteiger partial charge in [0, 0.05) is 12.1 Å². The third kappa shape index (κ3) is 8.13. The SMILES string of the molecule is CC(C)(C)NC(N)=NCCNS(=O)(=O)c1ccc(F)cc1Cl.I. The fourth-order valence-corrected chi connectivity index (χ4v) is 3.10. The van der Waals surface area contributed by atoms with Crippen LogP contribution < -0.4 is 15.8 Å². The lowest BCUT2D eigenvalue weighted by Gasteiger charge is -2.21. The van der Waals surface area contributed by atoms with Crippen molar-refractivity contribution in [1.29, 1.82) is 0 Å². The van der Waals surface area contributed by atoms with E-state index < -0.39 is 15.8 Å². The van der Waals surface area contributed by atoms with E-state index in [-0.39, 0.29) is 58.5 Å². The summed E-state index contributed by atoms with van der Waals surface area (Å²) in [5.41, 5.74) is 5.43. The van der Waals surface area contributed by atoms with Crippen molar-refractivity contribution < 1.29 is 12.8 Å². The number of benzene rings is 1. The van der Waals surface area contributed by atoms with Crippen molar-refractivity contribution in [3.63, 3.8) is 0 Å². The van der Waals surface area contributed by atoms with E-state index in [0.29, 0.717) is 0 Å². The Hall–Kier alpha value is -0.650. The van der Waals surface area contributed by atoms with Gasteiger partial charge < -0.3 is 11.1 Å². The molecule has 0 fully saturated rings. The van der Waals surface area contributed by atoms with Crippen molar-refractivity contribution >= 4 is 51.6 Å². The van der Waals surface area contributed by atoms with E-state index in [1.807, 2.05) is 20.8 Å². The normalized spacial score (nSPS) is 12.7. The van der Waals surface area contributed by atoms with E-state index in [0.717, 1.165) is 18.2 Å². The summed E-state index contributed by atoms with van der Waals surface area (Å²) in [5.74, 6) is -0.374. The predicted molar refractivity (Wildman–Crippen MR) is 101 cm³/mol. The van der Waals surface area contributed by atoms with Crippen LogP contribution in [-0.2, 0) is 10.0 Å². The van der Waals surface area contributed by atoms with Crippen molar-refractivity contribution in [1.82, 2.24) is 10.0 Å². The molecule has 4 N–H and O–H groups in total. The smallest absolute Gasteiger partial charge is 0.242 e. The van der Waals surface area contributed by atoms with E-state index in [4.69, 9.17) is 17.3 Å². The number of nitrogens with two attached hydrogens (primary N) is 1. The van der Waals surface area contributed by atoms with Gasteiger partial charge in [-0.3, -0.25) is 4.99 Å². The van der Waals surface area contributed by atoms with Crippen LogP contribution in [-0.4, -0.2) is 33.0 Å². The quantitative estimate of drug-likeness (QED) is 0.261. The second-order valence-corrected chi connectivity index (χ2v) is 7.76. The number of nitrogens with one attached hydrogen (secondary N) is 2. The fraction of sp³-hybridized carbons (Fsp3) is 0.462. The summed E-state index contributed by atoms with van der Waals surface area (Å²) in [6.45, 7) is 5.98. The van der Waals surface area contributed by atoms with Crippen LogP contribution in [0.4, 0.5) is 4.39 Å². The summed E-state index contributed by atoms with van der Waals surface area (Å²) in [7, 11) is -3.82. The van der Waals surface area contributed by atoms with Gasteiger partial charge in [0.1, 0.15) is 10.7 Å². The average Bonchev–Trinajstić information content (AvgIpc) is 2.32. The van der Waals surface area contributed by atoms with Crippen LogP contribution in [0.2, 0.25) is 5.02 Å². The molecule has 0 spiro atoms. The van der Waals surface area contributed by atoms with E-state index in [2.05, 4.69) is 15.0 Å². The predicted octanol–water partition coefficient (Wildman–Crippen LogP) is 2.08. The first-order valence-electron chi connectivity index (χ1n) is 6.54. The molecule has 0 radical (unpaired) electrons. The molecule has 1 rings (SSSR count). The number of aliphatic imine (C=N–C) groups is 1. The first kappa shape index (κ1) is 22.4. The van der Waals surface area contributed by atoms with Crippen LogP contribution in [0.5, 0.6) is 0 Å². The first-order valence-corrected chi connectivity index (χ1v) is 8.40. The molecule has 0 aliphatic carbocycles. The Morgan fingerprint density at radius 2 is 2.00 bits per heavy atom. The Bertz CT molecular complexity index is 662. The standard InChI is InChI=1S/C13H20ClFN4O2S.HI/c1-13(2,3)19-12(16)17-6-7-18-22(20,21)11-5-4-9(15)8-10(11)14;/h4-5,8,18H,6-7H2,1-3H3,(H3,16,17,19);1H. The zero-order valence-corrected chi connectivity index (χ0v) is 17.0. The molecular formula is C13H21ClFIN4O2S. The molecular weight excluding hydrogens is 458 g/mol. The second kappa shape index (κ2) is 9.00. The van der Waals surface area contributed by atoms with Gasteiger partial charge >= 0.3 is 0 Å². The maximum Gasteiger partial charge on any atom is 0.242 e. The Morgan fingerprint density at radius 1 is 1.39 bits per heavy atom. The molecule has 0 aliphatic heterocycles. The number of halogens is 3. The number of nitrogens with zero attached hydrogens (tertiary/aromatic N) is 1. The van der Waals surface area contributed by atoms with Gasteiger partial charge in [-0.2, -0.15) is 0 Å². The molecule has 132 valence electrons. The van der Waals surface area contributed by atoms with Gasteiger partial charge in [-0.05, 0) is 39.0 Å². The number of sulfonamides is 1. The molecule has 6 nitrogen and oxygen atoms in total. The van der Waals surface area contributed by atoms with Crippen molar-refractivity contribution in [3.05, 3.63) is 29.0 Å². The zero-order chi connectivity index (χ0) is 17.0. The Balaban J connectivity index is 0.00000484. The fourth-order valence-electron chi connectivity index (χ4n) is 1.55. The highest BCUT2D eigenvalue weighted by Crippen LogP contribution is 2.21. The highest BCUT2D eigenvalue weighted by Gasteiger charge is 2.17. The van der Waals surface area contributed by atoms with E-state index in [1.165, 1.54) is 0 Å². The minimum atomic E-state index is -3.82. The minimum Gasteiger partial charge on any atom is -0.370 e. The molecule has 0 amide bonds. The van der Waals surface area contributed by atoms with Gasteiger partial charge in [-0.15, -0.1) is 24.0 Å². The molecule has 10 heteroatoms. The molecule has 23 heavy (non-hydrogen) atoms. The van der Waals surface area contributed by atoms with E-state index >= 15 is 0 Å². The topological polar surface area (TPSA) is 96.6 Å². The molecule has 1 aromatic carbocycles. The van der Waals surface area contributed by atoms with Crippen molar-refractivity contribution in [2.24, 2.45) is 10.7 Å². The summed E-state index contributed by atoms with van der Waals surface area (Å²) in [6.07, 6.45) is 0. The van der Waals surface area contributed by atoms with Gasteiger partial charge in [-0.1, -0.05) is 11.6 Å². The molecule has 0 atom stereocenters. The van der Waals surface area contributed by atoms with Gasteiger partial charge in [-0.25, -0.2) is 17.5 Å². The lowest BCUT2D eigenvalue weighted by atomic mass is 10.1. The Morgan fingerprint density at radius 3 is 2.52 bits per heavy atom. The third-order valence-corrected chi connectivity index (χ3v) is 4.32. The van der Waals surface area contributed by atoms with Crippen LogP contribution in [0, 0.1) is 5.82 Å². The molecule has 0 saturated carbocycles. The minimum absolute atomic E-state index is 0. The van der Waals surface area contributed by atoms with Gasteiger partial charge in [0.15, 0.2) is 5.96 Å². The molecule has 1 aromatic rings. The number of hydrogen-bond donors (Lipinski definition) is 3. The Labute approximate surface area is 158 Å².